The first-order valence-corrected chi connectivity index (χ1v) is 6.64. The molecule has 1 saturated heterocycles. The summed E-state index contributed by atoms with van der Waals surface area (Å²) in [6, 6.07) is 0.791. The lowest BCUT2D eigenvalue weighted by Crippen LogP contribution is -2.46. The fourth-order valence-electron chi connectivity index (χ4n) is 2.87. The second kappa shape index (κ2) is 4.84. The van der Waals surface area contributed by atoms with Crippen molar-refractivity contribution >= 4 is 0 Å². The van der Waals surface area contributed by atoms with Crippen molar-refractivity contribution in [3.63, 3.8) is 0 Å². The summed E-state index contributed by atoms with van der Waals surface area (Å²) in [6.07, 6.45) is 5.73. The van der Waals surface area contributed by atoms with E-state index in [1.54, 1.807) is 0 Å². The quantitative estimate of drug-likeness (QED) is 0.770. The van der Waals surface area contributed by atoms with Crippen molar-refractivity contribution in [3.8, 4) is 0 Å². The molecular weight excluding hydrogens is 184 g/mol. The van der Waals surface area contributed by atoms with Crippen LogP contribution in [0.4, 0.5) is 0 Å². The highest BCUT2D eigenvalue weighted by Gasteiger charge is 2.31. The van der Waals surface area contributed by atoms with Gasteiger partial charge in [-0.15, -0.1) is 0 Å². The van der Waals surface area contributed by atoms with Crippen LogP contribution in [0.1, 0.15) is 39.5 Å². The van der Waals surface area contributed by atoms with E-state index in [4.69, 9.17) is 5.73 Å². The summed E-state index contributed by atoms with van der Waals surface area (Å²) < 4.78 is 0. The molecule has 0 amide bonds. The molecule has 2 aliphatic rings. The van der Waals surface area contributed by atoms with Gasteiger partial charge in [-0.3, -0.25) is 0 Å². The smallest absolute Gasteiger partial charge is 0.00696 e. The van der Waals surface area contributed by atoms with Gasteiger partial charge in [0, 0.05) is 12.6 Å². The molecule has 3 atom stereocenters. The van der Waals surface area contributed by atoms with Gasteiger partial charge in [-0.05, 0) is 50.6 Å². The van der Waals surface area contributed by atoms with Crippen LogP contribution in [0.5, 0.6) is 0 Å². The number of hydrogen-bond donors (Lipinski definition) is 1. The normalized spacial score (nSPS) is 35.4. The summed E-state index contributed by atoms with van der Waals surface area (Å²) in [6.45, 7) is 8.17. The second-order valence-electron chi connectivity index (χ2n) is 5.78. The van der Waals surface area contributed by atoms with Gasteiger partial charge in [0.25, 0.3) is 0 Å². The average Bonchev–Trinajstić information content (AvgIpc) is 3.02. The monoisotopic (exact) mass is 210 g/mol. The Hall–Kier alpha value is -0.0800. The summed E-state index contributed by atoms with van der Waals surface area (Å²) in [7, 11) is 0. The maximum atomic E-state index is 5.84. The van der Waals surface area contributed by atoms with E-state index in [1.165, 1.54) is 38.8 Å². The summed E-state index contributed by atoms with van der Waals surface area (Å²) in [5.41, 5.74) is 5.84. The molecule has 2 rings (SSSR count). The summed E-state index contributed by atoms with van der Waals surface area (Å²) >= 11 is 0. The van der Waals surface area contributed by atoms with E-state index in [-0.39, 0.29) is 0 Å². The summed E-state index contributed by atoms with van der Waals surface area (Å²) in [4.78, 5) is 2.68. The van der Waals surface area contributed by atoms with E-state index in [9.17, 15) is 0 Å². The highest BCUT2D eigenvalue weighted by molar-refractivity contribution is 4.84. The van der Waals surface area contributed by atoms with Gasteiger partial charge in [0.1, 0.15) is 0 Å². The number of nitrogens with zero attached hydrogens (tertiary/aromatic N) is 1. The van der Waals surface area contributed by atoms with Crippen LogP contribution >= 0.6 is 0 Å². The second-order valence-corrected chi connectivity index (χ2v) is 5.78. The SMILES string of the molecule is CC1CCN(C(C)CC2CC2)CC1CN. The molecule has 2 N–H and O–H groups in total. The minimum Gasteiger partial charge on any atom is -0.330 e. The number of hydrogen-bond acceptors (Lipinski definition) is 2. The molecule has 0 aromatic rings. The lowest BCUT2D eigenvalue weighted by molar-refractivity contribution is 0.0917. The first-order valence-electron chi connectivity index (χ1n) is 6.64. The van der Waals surface area contributed by atoms with E-state index < -0.39 is 0 Å². The molecule has 88 valence electrons. The Morgan fingerprint density at radius 2 is 2.07 bits per heavy atom. The van der Waals surface area contributed by atoms with Gasteiger partial charge in [-0.2, -0.15) is 0 Å². The van der Waals surface area contributed by atoms with Gasteiger partial charge in [-0.25, -0.2) is 0 Å². The van der Waals surface area contributed by atoms with Crippen molar-refractivity contribution in [2.24, 2.45) is 23.5 Å². The van der Waals surface area contributed by atoms with Crippen molar-refractivity contribution in [3.05, 3.63) is 0 Å². The molecule has 2 heteroatoms. The molecule has 2 nitrogen and oxygen atoms in total. The van der Waals surface area contributed by atoms with Crippen LogP contribution in [-0.2, 0) is 0 Å². The summed E-state index contributed by atoms with van der Waals surface area (Å²) in [5, 5.41) is 0. The number of nitrogens with two attached hydrogens (primary N) is 1. The average molecular weight is 210 g/mol. The van der Waals surface area contributed by atoms with E-state index in [2.05, 4.69) is 18.7 Å². The molecule has 1 heterocycles. The minimum atomic E-state index is 0.736. The predicted molar refractivity (Wildman–Crippen MR) is 64.7 cm³/mol. The van der Waals surface area contributed by atoms with Gasteiger partial charge in [-0.1, -0.05) is 19.8 Å². The first kappa shape index (κ1) is 11.4. The number of likely N-dealkylation sites (tertiary alicyclic amines) is 1. The Labute approximate surface area is 94.2 Å². The maximum Gasteiger partial charge on any atom is 0.00696 e. The molecule has 0 aromatic carbocycles. The lowest BCUT2D eigenvalue weighted by atomic mass is 9.86. The standard InChI is InChI=1S/C13H26N2/c1-10-5-6-15(9-13(10)8-14)11(2)7-12-3-4-12/h10-13H,3-9,14H2,1-2H3. The van der Waals surface area contributed by atoms with E-state index in [0.29, 0.717) is 0 Å². The first-order chi connectivity index (χ1) is 7.20. The van der Waals surface area contributed by atoms with Crippen molar-refractivity contribution in [1.82, 2.24) is 4.90 Å². The Morgan fingerprint density at radius 3 is 2.67 bits per heavy atom. The summed E-state index contributed by atoms with van der Waals surface area (Å²) in [5.74, 6) is 2.62. The number of rotatable bonds is 4. The highest BCUT2D eigenvalue weighted by Crippen LogP contribution is 2.35. The zero-order valence-electron chi connectivity index (χ0n) is 10.3. The van der Waals surface area contributed by atoms with E-state index in [0.717, 1.165) is 30.3 Å². The Balaban J connectivity index is 1.81. The van der Waals surface area contributed by atoms with Crippen LogP contribution in [-0.4, -0.2) is 30.6 Å². The van der Waals surface area contributed by atoms with Crippen LogP contribution in [0.3, 0.4) is 0 Å². The topological polar surface area (TPSA) is 29.3 Å². The Bertz CT molecular complexity index is 201. The molecule has 15 heavy (non-hydrogen) atoms. The zero-order valence-corrected chi connectivity index (χ0v) is 10.3. The van der Waals surface area contributed by atoms with Gasteiger partial charge in [0.05, 0.1) is 0 Å². The Morgan fingerprint density at radius 1 is 1.33 bits per heavy atom. The number of piperidine rings is 1. The minimum absolute atomic E-state index is 0.736. The van der Waals surface area contributed by atoms with Crippen LogP contribution < -0.4 is 5.73 Å². The molecule has 1 aliphatic carbocycles. The molecular formula is C13H26N2. The predicted octanol–water partition coefficient (Wildman–Crippen LogP) is 2.09. The van der Waals surface area contributed by atoms with Gasteiger partial charge in [0.2, 0.25) is 0 Å². The van der Waals surface area contributed by atoms with Crippen LogP contribution in [0.15, 0.2) is 0 Å². The highest BCUT2D eigenvalue weighted by atomic mass is 15.2. The van der Waals surface area contributed by atoms with E-state index in [1.807, 2.05) is 0 Å². The fourth-order valence-corrected chi connectivity index (χ4v) is 2.87. The van der Waals surface area contributed by atoms with Crippen molar-refractivity contribution in [2.45, 2.75) is 45.6 Å². The molecule has 3 unspecified atom stereocenters. The lowest BCUT2D eigenvalue weighted by Gasteiger charge is -2.40. The molecule has 1 saturated carbocycles. The third-order valence-corrected chi connectivity index (χ3v) is 4.44. The van der Waals surface area contributed by atoms with E-state index >= 15 is 0 Å². The zero-order chi connectivity index (χ0) is 10.8. The largest absolute Gasteiger partial charge is 0.330 e. The van der Waals surface area contributed by atoms with Crippen LogP contribution in [0.2, 0.25) is 0 Å². The molecule has 0 radical (unpaired) electrons. The van der Waals surface area contributed by atoms with Gasteiger partial charge >= 0.3 is 0 Å². The van der Waals surface area contributed by atoms with Crippen molar-refractivity contribution in [1.29, 1.82) is 0 Å². The molecule has 0 spiro atoms. The maximum absolute atomic E-state index is 5.84. The van der Waals surface area contributed by atoms with Crippen LogP contribution in [0.25, 0.3) is 0 Å². The van der Waals surface area contributed by atoms with Gasteiger partial charge in [0.15, 0.2) is 0 Å². The molecule has 1 aliphatic heterocycles. The fraction of sp³-hybridized carbons (Fsp3) is 1.00. The molecule has 2 fully saturated rings. The molecule has 0 aromatic heterocycles. The molecule has 0 bridgehead atoms. The Kier molecular flexibility index (Phi) is 3.68. The third kappa shape index (κ3) is 2.94. The van der Waals surface area contributed by atoms with Crippen molar-refractivity contribution < 1.29 is 0 Å². The van der Waals surface area contributed by atoms with Gasteiger partial charge < -0.3 is 10.6 Å². The van der Waals surface area contributed by atoms with Crippen LogP contribution in [0, 0.1) is 17.8 Å². The van der Waals surface area contributed by atoms with Crippen molar-refractivity contribution in [2.75, 3.05) is 19.6 Å². The third-order valence-electron chi connectivity index (χ3n) is 4.44.